The van der Waals surface area contributed by atoms with Crippen LogP contribution in [0.5, 0.6) is 5.75 Å². The van der Waals surface area contributed by atoms with Crippen LogP contribution in [-0.4, -0.2) is 19.9 Å². The molecule has 0 amide bonds. The summed E-state index contributed by atoms with van der Waals surface area (Å²) in [4.78, 5) is 14.0. The molecule has 0 saturated carbocycles. The van der Waals surface area contributed by atoms with Gasteiger partial charge in [-0.1, -0.05) is 40.2 Å². The third-order valence-electron chi connectivity index (χ3n) is 3.35. The zero-order chi connectivity index (χ0) is 15.4. The van der Waals surface area contributed by atoms with Crippen molar-refractivity contribution in [2.75, 3.05) is 19.1 Å². The monoisotopic (exact) mass is 347 g/mol. The summed E-state index contributed by atoms with van der Waals surface area (Å²) in [6.45, 7) is 2.27. The smallest absolute Gasteiger partial charge is 0.165 e. The lowest BCUT2D eigenvalue weighted by molar-refractivity contribution is 0.101. The van der Waals surface area contributed by atoms with Gasteiger partial charge in [-0.05, 0) is 30.7 Å². The second-order valence-corrected chi connectivity index (χ2v) is 5.71. The van der Waals surface area contributed by atoms with Gasteiger partial charge in [-0.25, -0.2) is 0 Å². The molecule has 2 aromatic rings. The molecule has 3 nitrogen and oxygen atoms in total. The zero-order valence-electron chi connectivity index (χ0n) is 12.4. The van der Waals surface area contributed by atoms with Crippen molar-refractivity contribution in [3.8, 4) is 5.75 Å². The molecule has 2 aromatic carbocycles. The predicted octanol–water partition coefficient (Wildman–Crippen LogP) is 4.30. The Hall–Kier alpha value is -1.81. The summed E-state index contributed by atoms with van der Waals surface area (Å²) in [5.41, 5.74) is 2.66. The number of halogens is 1. The minimum Gasteiger partial charge on any atom is -0.496 e. The molecular weight excluding hydrogens is 330 g/mol. The highest BCUT2D eigenvalue weighted by atomic mass is 79.9. The number of carbonyl (C=O) groups is 1. The first-order valence-corrected chi connectivity index (χ1v) is 7.46. The van der Waals surface area contributed by atoms with Gasteiger partial charge in [0.15, 0.2) is 5.78 Å². The average Bonchev–Trinajstić information content (AvgIpc) is 2.48. The molecule has 0 bridgehead atoms. The second kappa shape index (κ2) is 6.76. The van der Waals surface area contributed by atoms with Gasteiger partial charge in [0.2, 0.25) is 0 Å². The maximum atomic E-state index is 12.0. The van der Waals surface area contributed by atoms with E-state index >= 15 is 0 Å². The van der Waals surface area contributed by atoms with Crippen molar-refractivity contribution < 1.29 is 9.53 Å². The summed E-state index contributed by atoms with van der Waals surface area (Å²) in [7, 11) is 3.56. The molecule has 4 heteroatoms. The van der Waals surface area contributed by atoms with Crippen LogP contribution in [0.3, 0.4) is 0 Å². The average molecular weight is 348 g/mol. The van der Waals surface area contributed by atoms with Crippen molar-refractivity contribution in [2.45, 2.75) is 13.5 Å². The Kier molecular flexibility index (Phi) is 5.02. The van der Waals surface area contributed by atoms with Crippen LogP contribution in [0.1, 0.15) is 22.8 Å². The van der Waals surface area contributed by atoms with Gasteiger partial charge in [0.05, 0.1) is 18.4 Å². The minimum absolute atomic E-state index is 0.00132. The maximum Gasteiger partial charge on any atom is 0.165 e. The molecule has 0 saturated heterocycles. The summed E-state index contributed by atoms with van der Waals surface area (Å²) < 4.78 is 6.37. The summed E-state index contributed by atoms with van der Waals surface area (Å²) in [6.07, 6.45) is 0. The van der Waals surface area contributed by atoms with Crippen molar-refractivity contribution in [3.63, 3.8) is 0 Å². The Labute approximate surface area is 133 Å². The third kappa shape index (κ3) is 3.45. The predicted molar refractivity (Wildman–Crippen MR) is 89.2 cm³/mol. The molecule has 0 radical (unpaired) electrons. The molecule has 0 heterocycles. The van der Waals surface area contributed by atoms with Crippen molar-refractivity contribution in [3.05, 3.63) is 58.1 Å². The number of Topliss-reactive ketones (excluding diaryl/α,β-unsaturated/α-hetero) is 1. The number of hydrogen-bond donors (Lipinski definition) is 0. The number of nitrogens with zero attached hydrogens (tertiary/aromatic N) is 1. The largest absolute Gasteiger partial charge is 0.496 e. The molecule has 0 aromatic heterocycles. The lowest BCUT2D eigenvalue weighted by Gasteiger charge is -2.23. The van der Waals surface area contributed by atoms with Gasteiger partial charge in [-0.3, -0.25) is 4.79 Å². The van der Waals surface area contributed by atoms with Crippen LogP contribution in [0, 0.1) is 0 Å². The molecule has 0 atom stereocenters. The number of benzene rings is 2. The van der Waals surface area contributed by atoms with Crippen LogP contribution >= 0.6 is 15.9 Å². The van der Waals surface area contributed by atoms with Crippen LogP contribution < -0.4 is 9.64 Å². The first-order chi connectivity index (χ1) is 10.0. The molecule has 110 valence electrons. The van der Waals surface area contributed by atoms with Crippen molar-refractivity contribution >= 4 is 27.4 Å². The van der Waals surface area contributed by atoms with Crippen LogP contribution in [0.15, 0.2) is 46.9 Å². The van der Waals surface area contributed by atoms with Crippen LogP contribution in [0.2, 0.25) is 0 Å². The van der Waals surface area contributed by atoms with Gasteiger partial charge in [0.25, 0.3) is 0 Å². The van der Waals surface area contributed by atoms with E-state index in [2.05, 4.69) is 26.9 Å². The molecule has 0 spiro atoms. The van der Waals surface area contributed by atoms with Crippen molar-refractivity contribution in [2.24, 2.45) is 0 Å². The van der Waals surface area contributed by atoms with Crippen molar-refractivity contribution in [1.29, 1.82) is 0 Å². The highest BCUT2D eigenvalue weighted by Gasteiger charge is 2.17. The summed E-state index contributed by atoms with van der Waals surface area (Å²) in [5, 5.41) is 0. The first kappa shape index (κ1) is 15.6. The van der Waals surface area contributed by atoms with Gasteiger partial charge in [0.1, 0.15) is 5.75 Å². The molecule has 0 fully saturated rings. The number of hydrogen-bond acceptors (Lipinski definition) is 3. The maximum absolute atomic E-state index is 12.0. The molecule has 21 heavy (non-hydrogen) atoms. The standard InChI is InChI=1S/C17H18BrNO2/c1-12(20)17-15(9-6-10-16(17)21-3)19(2)11-13-7-4-5-8-14(13)18/h4-10H,11H2,1-3H3. The second-order valence-electron chi connectivity index (χ2n) is 4.86. The zero-order valence-corrected chi connectivity index (χ0v) is 14.0. The highest BCUT2D eigenvalue weighted by molar-refractivity contribution is 9.10. The third-order valence-corrected chi connectivity index (χ3v) is 4.13. The summed E-state index contributed by atoms with van der Waals surface area (Å²) >= 11 is 3.55. The summed E-state index contributed by atoms with van der Waals surface area (Å²) in [5.74, 6) is 0.611. The van der Waals surface area contributed by atoms with E-state index in [4.69, 9.17) is 4.74 Å². The normalized spacial score (nSPS) is 10.3. The van der Waals surface area contributed by atoms with E-state index in [0.29, 0.717) is 17.9 Å². The van der Waals surface area contributed by atoms with E-state index in [1.165, 1.54) is 0 Å². The molecule has 0 aliphatic carbocycles. The summed E-state index contributed by atoms with van der Waals surface area (Å²) in [6, 6.07) is 13.7. The Balaban J connectivity index is 2.37. The van der Waals surface area contributed by atoms with Gasteiger partial charge >= 0.3 is 0 Å². The highest BCUT2D eigenvalue weighted by Crippen LogP contribution is 2.30. The van der Waals surface area contributed by atoms with Crippen LogP contribution in [0.4, 0.5) is 5.69 Å². The van der Waals surface area contributed by atoms with Gasteiger partial charge in [-0.2, -0.15) is 0 Å². The number of anilines is 1. The van der Waals surface area contributed by atoms with E-state index < -0.39 is 0 Å². The molecule has 0 aliphatic rings. The minimum atomic E-state index is 0.00132. The fourth-order valence-corrected chi connectivity index (χ4v) is 2.74. The van der Waals surface area contributed by atoms with Crippen molar-refractivity contribution in [1.82, 2.24) is 0 Å². The first-order valence-electron chi connectivity index (χ1n) is 6.67. The van der Waals surface area contributed by atoms with E-state index in [0.717, 1.165) is 15.7 Å². The number of ketones is 1. The Bertz CT molecular complexity index is 655. The van der Waals surface area contributed by atoms with E-state index in [9.17, 15) is 4.79 Å². The molecule has 0 N–H and O–H groups in total. The fraction of sp³-hybridized carbons (Fsp3) is 0.235. The van der Waals surface area contributed by atoms with E-state index in [1.54, 1.807) is 14.0 Å². The van der Waals surface area contributed by atoms with E-state index in [-0.39, 0.29) is 5.78 Å². The van der Waals surface area contributed by atoms with Gasteiger partial charge in [-0.15, -0.1) is 0 Å². The van der Waals surface area contributed by atoms with Crippen LogP contribution in [-0.2, 0) is 6.54 Å². The quantitative estimate of drug-likeness (QED) is 0.755. The number of rotatable bonds is 5. The van der Waals surface area contributed by atoms with E-state index in [1.807, 2.05) is 43.4 Å². The fourth-order valence-electron chi connectivity index (χ4n) is 2.33. The lowest BCUT2D eigenvalue weighted by Crippen LogP contribution is -2.19. The number of carbonyl (C=O) groups excluding carboxylic acids is 1. The topological polar surface area (TPSA) is 29.5 Å². The molecule has 2 rings (SSSR count). The molecule has 0 aliphatic heterocycles. The lowest BCUT2D eigenvalue weighted by atomic mass is 10.1. The Morgan fingerprint density at radius 2 is 1.90 bits per heavy atom. The SMILES string of the molecule is COc1cccc(N(C)Cc2ccccc2Br)c1C(C)=O. The van der Waals surface area contributed by atoms with Gasteiger partial charge < -0.3 is 9.64 Å². The van der Waals surface area contributed by atoms with Gasteiger partial charge in [0, 0.05) is 18.1 Å². The molecular formula is C17H18BrNO2. The Morgan fingerprint density at radius 1 is 1.19 bits per heavy atom. The molecule has 0 unspecified atom stereocenters. The Morgan fingerprint density at radius 3 is 2.52 bits per heavy atom. The van der Waals surface area contributed by atoms with Crippen LogP contribution in [0.25, 0.3) is 0 Å². The number of methoxy groups -OCH3 is 1. The number of ether oxygens (including phenoxy) is 1.